The summed E-state index contributed by atoms with van der Waals surface area (Å²) < 4.78 is 31.8. The molecule has 4 aromatic rings. The standard InChI is InChI=1S/C32H39F2N9O/c1-5-40-10-8-24(9-11-40)41-12-14-42(15-13-41)31(44)22-6-7-28(35-18-22)38-32-36-19-26(34)29(39-32)23-16-25(33)30-27(17-23)43(20(2)3)21(4)37-30/h6-7,16-20,24H,5,8-15H2,1-4H3,(H,35,36,38,39). The van der Waals surface area contributed by atoms with Crippen molar-refractivity contribution in [3.05, 3.63) is 59.7 Å². The number of likely N-dealkylation sites (tertiary alicyclic amines) is 1. The maximum Gasteiger partial charge on any atom is 0.255 e. The second-order valence-electron chi connectivity index (χ2n) is 11.9. The molecule has 6 rings (SSSR count). The number of piperidine rings is 1. The average Bonchev–Trinajstić information content (AvgIpc) is 3.38. The second-order valence-corrected chi connectivity index (χ2v) is 11.9. The molecule has 0 atom stereocenters. The van der Waals surface area contributed by atoms with Crippen LogP contribution in [0.1, 0.15) is 55.8 Å². The van der Waals surface area contributed by atoms with Crippen molar-refractivity contribution >= 4 is 28.7 Å². The molecule has 44 heavy (non-hydrogen) atoms. The van der Waals surface area contributed by atoms with E-state index in [-0.39, 0.29) is 34.7 Å². The Bertz CT molecular complexity index is 1640. The number of carbonyl (C=O) groups is 1. The number of imidazole rings is 1. The van der Waals surface area contributed by atoms with Crippen LogP contribution in [-0.2, 0) is 0 Å². The van der Waals surface area contributed by atoms with Crippen LogP contribution in [0.2, 0.25) is 0 Å². The number of halogens is 2. The van der Waals surface area contributed by atoms with Crippen molar-refractivity contribution in [1.82, 2.24) is 39.2 Å². The lowest BCUT2D eigenvalue weighted by Crippen LogP contribution is -2.54. The van der Waals surface area contributed by atoms with Crippen LogP contribution in [0.4, 0.5) is 20.5 Å². The van der Waals surface area contributed by atoms with Crippen molar-refractivity contribution in [3.63, 3.8) is 0 Å². The monoisotopic (exact) mass is 603 g/mol. The van der Waals surface area contributed by atoms with E-state index < -0.39 is 11.6 Å². The molecule has 0 spiro atoms. The summed E-state index contributed by atoms with van der Waals surface area (Å²) in [6, 6.07) is 6.97. The van der Waals surface area contributed by atoms with Crippen molar-refractivity contribution < 1.29 is 13.6 Å². The third kappa shape index (κ3) is 6.00. The van der Waals surface area contributed by atoms with Crippen molar-refractivity contribution in [2.24, 2.45) is 0 Å². The largest absolute Gasteiger partial charge is 0.336 e. The third-order valence-electron chi connectivity index (χ3n) is 8.83. The highest BCUT2D eigenvalue weighted by Gasteiger charge is 2.29. The van der Waals surface area contributed by atoms with Crippen LogP contribution in [0.5, 0.6) is 0 Å². The van der Waals surface area contributed by atoms with Crippen LogP contribution in [0.25, 0.3) is 22.3 Å². The molecule has 2 aliphatic rings. The predicted octanol–water partition coefficient (Wildman–Crippen LogP) is 5.04. The summed E-state index contributed by atoms with van der Waals surface area (Å²) in [6.45, 7) is 14.6. The zero-order chi connectivity index (χ0) is 31.0. The fourth-order valence-corrected chi connectivity index (χ4v) is 6.47. The molecule has 0 aliphatic carbocycles. The summed E-state index contributed by atoms with van der Waals surface area (Å²) in [5, 5.41) is 2.98. The zero-order valence-electron chi connectivity index (χ0n) is 25.7. The Morgan fingerprint density at radius 2 is 1.73 bits per heavy atom. The first kappa shape index (κ1) is 30.0. The van der Waals surface area contributed by atoms with Gasteiger partial charge in [0.2, 0.25) is 5.95 Å². The maximum atomic E-state index is 15.0. The Kier molecular flexibility index (Phi) is 8.55. The van der Waals surface area contributed by atoms with E-state index in [1.165, 1.54) is 25.1 Å². The van der Waals surface area contributed by atoms with Gasteiger partial charge in [0, 0.05) is 50.0 Å². The molecule has 1 N–H and O–H groups in total. The topological polar surface area (TPSA) is 95.3 Å². The van der Waals surface area contributed by atoms with Gasteiger partial charge in [-0.1, -0.05) is 6.92 Å². The molecule has 2 aliphatic heterocycles. The Morgan fingerprint density at radius 1 is 0.977 bits per heavy atom. The van der Waals surface area contributed by atoms with E-state index in [2.05, 4.69) is 42.0 Å². The van der Waals surface area contributed by atoms with Gasteiger partial charge in [0.25, 0.3) is 5.91 Å². The molecule has 232 valence electrons. The van der Waals surface area contributed by atoms with Gasteiger partial charge in [0.15, 0.2) is 11.6 Å². The number of aromatic nitrogens is 5. The van der Waals surface area contributed by atoms with E-state index in [9.17, 15) is 9.18 Å². The minimum atomic E-state index is -0.679. The van der Waals surface area contributed by atoms with Gasteiger partial charge in [-0.2, -0.15) is 0 Å². The molecular weight excluding hydrogens is 564 g/mol. The molecule has 0 saturated carbocycles. The number of nitrogens with one attached hydrogen (secondary N) is 1. The number of carbonyl (C=O) groups excluding carboxylic acids is 1. The van der Waals surface area contributed by atoms with E-state index in [1.54, 1.807) is 18.2 Å². The summed E-state index contributed by atoms with van der Waals surface area (Å²) in [6.07, 6.45) is 4.95. The second kappa shape index (κ2) is 12.5. The molecule has 0 unspecified atom stereocenters. The lowest BCUT2D eigenvalue weighted by atomic mass is 10.0. The number of rotatable bonds is 7. The number of pyridine rings is 1. The molecule has 0 radical (unpaired) electrons. The van der Waals surface area contributed by atoms with Crippen LogP contribution in [-0.4, -0.2) is 97.0 Å². The summed E-state index contributed by atoms with van der Waals surface area (Å²) >= 11 is 0. The van der Waals surface area contributed by atoms with Gasteiger partial charge in [0.1, 0.15) is 22.9 Å². The summed E-state index contributed by atoms with van der Waals surface area (Å²) in [5.74, 6) is -0.0939. The number of piperazine rings is 1. The fraction of sp³-hybridized carbons (Fsp3) is 0.469. The molecule has 10 nitrogen and oxygen atoms in total. The molecule has 5 heterocycles. The summed E-state index contributed by atoms with van der Waals surface area (Å²) in [5.41, 5.74) is 1.54. The Balaban J connectivity index is 1.12. The van der Waals surface area contributed by atoms with Gasteiger partial charge in [0.05, 0.1) is 17.3 Å². The average molecular weight is 604 g/mol. The SMILES string of the molecule is CCN1CCC(N2CCN(C(=O)c3ccc(Nc4ncc(F)c(-c5cc(F)c6nc(C)n(C(C)C)c6c5)n4)nc3)CC2)CC1. The van der Waals surface area contributed by atoms with Crippen molar-refractivity contribution in [2.45, 2.75) is 52.6 Å². The van der Waals surface area contributed by atoms with Crippen molar-refractivity contribution in [2.75, 3.05) is 51.1 Å². The van der Waals surface area contributed by atoms with Crippen LogP contribution < -0.4 is 5.32 Å². The van der Waals surface area contributed by atoms with Crippen molar-refractivity contribution in [1.29, 1.82) is 0 Å². The quantitative estimate of drug-likeness (QED) is 0.314. The molecular formula is C32H39F2N9O. The summed E-state index contributed by atoms with van der Waals surface area (Å²) in [7, 11) is 0. The summed E-state index contributed by atoms with van der Waals surface area (Å²) in [4.78, 5) is 37.2. The molecule has 1 amide bonds. The smallest absolute Gasteiger partial charge is 0.255 e. The van der Waals surface area contributed by atoms with E-state index >= 15 is 4.39 Å². The van der Waals surface area contributed by atoms with E-state index in [0.29, 0.717) is 41.9 Å². The maximum absolute atomic E-state index is 15.0. The van der Waals surface area contributed by atoms with Gasteiger partial charge >= 0.3 is 0 Å². The third-order valence-corrected chi connectivity index (χ3v) is 8.83. The Morgan fingerprint density at radius 3 is 2.39 bits per heavy atom. The number of aryl methyl sites for hydroxylation is 1. The minimum Gasteiger partial charge on any atom is -0.336 e. The van der Waals surface area contributed by atoms with E-state index in [1.807, 2.05) is 30.2 Å². The fourth-order valence-electron chi connectivity index (χ4n) is 6.47. The molecule has 2 fully saturated rings. The predicted molar refractivity (Wildman–Crippen MR) is 166 cm³/mol. The van der Waals surface area contributed by atoms with Gasteiger partial charge in [-0.3, -0.25) is 9.69 Å². The Labute approximate surface area is 256 Å². The lowest BCUT2D eigenvalue weighted by Gasteiger charge is -2.42. The van der Waals surface area contributed by atoms with Gasteiger partial charge < -0.3 is 19.7 Å². The van der Waals surface area contributed by atoms with E-state index in [4.69, 9.17) is 0 Å². The zero-order valence-corrected chi connectivity index (χ0v) is 25.7. The molecule has 1 aromatic carbocycles. The normalized spacial score (nSPS) is 17.1. The number of anilines is 2. The number of nitrogens with zero attached hydrogens (tertiary/aromatic N) is 8. The lowest BCUT2D eigenvalue weighted by molar-refractivity contribution is 0.0457. The molecule has 12 heteroatoms. The molecule has 0 bridgehead atoms. The number of fused-ring (bicyclic) bond motifs is 1. The van der Waals surface area contributed by atoms with Crippen LogP contribution >= 0.6 is 0 Å². The van der Waals surface area contributed by atoms with Gasteiger partial charge in [-0.25, -0.2) is 28.7 Å². The molecule has 2 saturated heterocycles. The first-order chi connectivity index (χ1) is 21.2. The first-order valence-electron chi connectivity index (χ1n) is 15.4. The van der Waals surface area contributed by atoms with Gasteiger partial charge in [-0.05, 0) is 77.5 Å². The minimum absolute atomic E-state index is 0.0423. The van der Waals surface area contributed by atoms with Crippen molar-refractivity contribution in [3.8, 4) is 11.3 Å². The van der Waals surface area contributed by atoms with Gasteiger partial charge in [-0.15, -0.1) is 0 Å². The number of hydrogen-bond donors (Lipinski definition) is 1. The highest BCUT2D eigenvalue weighted by atomic mass is 19.1. The van der Waals surface area contributed by atoms with Crippen LogP contribution in [0.15, 0.2) is 36.7 Å². The highest BCUT2D eigenvalue weighted by Crippen LogP contribution is 2.30. The Hall–Kier alpha value is -4.03. The first-order valence-corrected chi connectivity index (χ1v) is 15.4. The number of hydrogen-bond acceptors (Lipinski definition) is 8. The van der Waals surface area contributed by atoms with Crippen LogP contribution in [0, 0.1) is 18.6 Å². The van der Waals surface area contributed by atoms with Crippen LogP contribution in [0.3, 0.4) is 0 Å². The number of benzene rings is 1. The van der Waals surface area contributed by atoms with E-state index in [0.717, 1.165) is 38.9 Å². The highest BCUT2D eigenvalue weighted by molar-refractivity contribution is 5.94. The molecule has 3 aromatic heterocycles. The number of amides is 1.